The molecule has 0 aromatic heterocycles. The summed E-state index contributed by atoms with van der Waals surface area (Å²) in [7, 11) is -2.19. The smallest absolute Gasteiger partial charge is 0.457 e. The zero-order valence-corrected chi connectivity index (χ0v) is 28.1. The van der Waals surface area contributed by atoms with Crippen LogP contribution in [-0.2, 0) is 32.7 Å². The van der Waals surface area contributed by atoms with E-state index >= 15 is 0 Å². The first kappa shape index (κ1) is 39.2. The fourth-order valence-corrected chi connectivity index (χ4v) is 6.17. The minimum Gasteiger partial charge on any atom is -0.457 e. The van der Waals surface area contributed by atoms with Crippen molar-refractivity contribution < 1.29 is 42.1 Å². The van der Waals surface area contributed by atoms with Gasteiger partial charge in [-0.3, -0.25) is 18.6 Å². The number of phosphoric ester groups is 1. The number of hydrogen-bond donors (Lipinski definition) is 1. The lowest BCUT2D eigenvalue weighted by Crippen LogP contribution is -2.43. The van der Waals surface area contributed by atoms with Crippen LogP contribution in [0.3, 0.4) is 0 Å². The van der Waals surface area contributed by atoms with Gasteiger partial charge in [0.2, 0.25) is 0 Å². The Kier molecular flexibility index (Phi) is 22.9. The summed E-state index contributed by atoms with van der Waals surface area (Å²) in [6, 6.07) is 0. The highest BCUT2D eigenvalue weighted by Gasteiger charge is 2.30. The molecule has 0 aliphatic carbocycles. The first-order valence-corrected chi connectivity index (χ1v) is 18.4. The van der Waals surface area contributed by atoms with Gasteiger partial charge in [-0.2, -0.15) is 0 Å². The predicted octanol–water partition coefficient (Wildman–Crippen LogP) is 7.53. The number of unbranched alkanes of at least 4 members (excludes halogenated alkanes) is 15. The third-order valence-corrected chi connectivity index (χ3v) is 9.08. The van der Waals surface area contributed by atoms with E-state index in [1.165, 1.54) is 96.8 Å². The molecule has 9 nitrogen and oxygen atoms in total. The van der Waals surface area contributed by atoms with Crippen molar-refractivity contribution in [2.75, 3.05) is 53.1 Å². The SMILES string of the molecule is CCCCCCCCCCCCCCCCCCOCC(COP(=O)(O)OCC[N+]1(C)CCCC1)OC(=O)CC(C)=O. The number of nitrogens with zero attached hydrogens (tertiary/aromatic N) is 1. The number of esters is 1. The predicted molar refractivity (Wildman–Crippen MR) is 167 cm³/mol. The average Bonchev–Trinajstić information content (AvgIpc) is 3.36. The topological polar surface area (TPSA) is 108 Å². The summed E-state index contributed by atoms with van der Waals surface area (Å²) in [6.45, 7) is 6.56. The van der Waals surface area contributed by atoms with E-state index < -0.39 is 19.9 Å². The van der Waals surface area contributed by atoms with Crippen molar-refractivity contribution in [3.8, 4) is 0 Å². The van der Waals surface area contributed by atoms with Crippen molar-refractivity contribution in [2.45, 2.75) is 142 Å². The van der Waals surface area contributed by atoms with Crippen LogP contribution >= 0.6 is 7.82 Å². The van der Waals surface area contributed by atoms with E-state index in [9.17, 15) is 19.0 Å². The fourth-order valence-electron chi connectivity index (χ4n) is 5.43. The molecule has 0 spiro atoms. The third kappa shape index (κ3) is 22.7. The highest BCUT2D eigenvalue weighted by Crippen LogP contribution is 2.43. The minimum absolute atomic E-state index is 0.0251. The number of carbonyl (C=O) groups excluding carboxylic acids is 2. The molecule has 0 radical (unpaired) electrons. The van der Waals surface area contributed by atoms with Crippen molar-refractivity contribution in [2.24, 2.45) is 0 Å². The van der Waals surface area contributed by atoms with Gasteiger partial charge in [-0.15, -0.1) is 0 Å². The van der Waals surface area contributed by atoms with Gasteiger partial charge in [-0.1, -0.05) is 103 Å². The number of ketones is 1. The molecule has 1 aliphatic heterocycles. The summed E-state index contributed by atoms with van der Waals surface area (Å²) < 4.78 is 34.4. The summed E-state index contributed by atoms with van der Waals surface area (Å²) in [5.74, 6) is -1.02. The van der Waals surface area contributed by atoms with Crippen molar-refractivity contribution in [1.82, 2.24) is 0 Å². The van der Waals surface area contributed by atoms with Gasteiger partial charge in [0, 0.05) is 19.4 Å². The summed E-state index contributed by atoms with van der Waals surface area (Å²) in [5.41, 5.74) is 0. The van der Waals surface area contributed by atoms with Gasteiger partial charge < -0.3 is 18.9 Å². The monoisotopic (exact) mass is 620 g/mol. The molecule has 1 aliphatic rings. The van der Waals surface area contributed by atoms with E-state index in [2.05, 4.69) is 14.0 Å². The number of Topliss-reactive ketones (excluding diaryl/α,β-unsaturated/α-hetero) is 1. The summed E-state index contributed by atoms with van der Waals surface area (Å²) >= 11 is 0. The van der Waals surface area contributed by atoms with Crippen LogP contribution in [0.4, 0.5) is 0 Å². The average molecular weight is 621 g/mol. The number of rotatable bonds is 29. The summed E-state index contributed by atoms with van der Waals surface area (Å²) in [4.78, 5) is 33.4. The maximum absolute atomic E-state index is 12.4. The van der Waals surface area contributed by atoms with Crippen molar-refractivity contribution in [3.05, 3.63) is 0 Å². The van der Waals surface area contributed by atoms with Crippen LogP contribution in [0, 0.1) is 0 Å². The van der Waals surface area contributed by atoms with Crippen LogP contribution in [0.25, 0.3) is 0 Å². The Balaban J connectivity index is 2.13. The zero-order valence-electron chi connectivity index (χ0n) is 27.2. The molecule has 0 aromatic carbocycles. The lowest BCUT2D eigenvalue weighted by Gasteiger charge is -2.29. The van der Waals surface area contributed by atoms with E-state index in [-0.39, 0.29) is 32.0 Å². The number of likely N-dealkylation sites (tertiary alicyclic amines) is 1. The van der Waals surface area contributed by atoms with Gasteiger partial charge in [0.1, 0.15) is 31.5 Å². The second kappa shape index (κ2) is 24.5. The molecule has 248 valence electrons. The first-order valence-electron chi connectivity index (χ1n) is 16.9. The summed E-state index contributed by atoms with van der Waals surface area (Å²) in [6.07, 6.45) is 21.8. The standard InChI is InChI=1S/C32H62NO8P/c1-4-5-6-7-8-9-10-11-12-13-14-15-16-17-18-21-25-38-28-31(41-32(35)27-30(2)34)29-40-42(36,37)39-26-24-33(3)22-19-20-23-33/h31H,4-29H2,1-3H3/p+1. The molecule has 42 heavy (non-hydrogen) atoms. The maximum atomic E-state index is 12.4. The van der Waals surface area contributed by atoms with Gasteiger partial charge in [0.15, 0.2) is 0 Å². The Morgan fingerprint density at radius 1 is 0.762 bits per heavy atom. The number of quaternary nitrogens is 1. The molecule has 0 aromatic rings. The highest BCUT2D eigenvalue weighted by atomic mass is 31.2. The zero-order chi connectivity index (χ0) is 30.9. The molecule has 0 saturated carbocycles. The van der Waals surface area contributed by atoms with Gasteiger partial charge >= 0.3 is 13.8 Å². The van der Waals surface area contributed by atoms with Crippen molar-refractivity contribution in [3.63, 3.8) is 0 Å². The Bertz CT molecular complexity index is 744. The second-order valence-electron chi connectivity index (χ2n) is 12.5. The normalized spacial score (nSPS) is 16.8. The Hall–Kier alpha value is -0.830. The van der Waals surface area contributed by atoms with E-state index in [0.717, 1.165) is 43.3 Å². The molecule has 10 heteroatoms. The molecule has 0 bridgehead atoms. The maximum Gasteiger partial charge on any atom is 0.472 e. The number of phosphoric acid groups is 1. The van der Waals surface area contributed by atoms with Gasteiger partial charge in [-0.25, -0.2) is 4.57 Å². The van der Waals surface area contributed by atoms with Crippen molar-refractivity contribution >= 4 is 19.6 Å². The molecule has 2 unspecified atom stereocenters. The highest BCUT2D eigenvalue weighted by molar-refractivity contribution is 7.47. The van der Waals surface area contributed by atoms with Crippen LogP contribution < -0.4 is 0 Å². The molecule has 2 atom stereocenters. The molecule has 1 heterocycles. The lowest BCUT2D eigenvalue weighted by molar-refractivity contribution is -0.897. The molecule has 1 fully saturated rings. The number of ether oxygens (including phenoxy) is 2. The fraction of sp³-hybridized carbons (Fsp3) is 0.938. The second-order valence-corrected chi connectivity index (χ2v) is 13.9. The Labute approximate surface area is 256 Å². The van der Waals surface area contributed by atoms with Crippen LogP contribution in [0.1, 0.15) is 136 Å². The van der Waals surface area contributed by atoms with Gasteiger partial charge in [0.25, 0.3) is 0 Å². The van der Waals surface area contributed by atoms with E-state index in [1.54, 1.807) is 0 Å². The summed E-state index contributed by atoms with van der Waals surface area (Å²) in [5, 5.41) is 0. The van der Waals surface area contributed by atoms with E-state index in [4.69, 9.17) is 18.5 Å². The van der Waals surface area contributed by atoms with Gasteiger partial charge in [0.05, 0.1) is 33.4 Å². The number of hydrogen-bond acceptors (Lipinski definition) is 7. The van der Waals surface area contributed by atoms with Gasteiger partial charge in [-0.05, 0) is 13.3 Å². The van der Waals surface area contributed by atoms with Crippen molar-refractivity contribution in [1.29, 1.82) is 0 Å². The number of carbonyl (C=O) groups is 2. The minimum atomic E-state index is -4.31. The Morgan fingerprint density at radius 3 is 1.76 bits per heavy atom. The molecular weight excluding hydrogens is 557 g/mol. The quantitative estimate of drug-likeness (QED) is 0.0301. The van der Waals surface area contributed by atoms with E-state index in [0.29, 0.717) is 13.2 Å². The number of likely N-dealkylation sites (N-methyl/N-ethyl adjacent to an activating group) is 1. The van der Waals surface area contributed by atoms with Crippen LogP contribution in [0.5, 0.6) is 0 Å². The first-order chi connectivity index (χ1) is 20.2. The molecule has 1 rings (SSSR count). The molecule has 1 saturated heterocycles. The van der Waals surface area contributed by atoms with E-state index in [1.807, 2.05) is 0 Å². The van der Waals surface area contributed by atoms with Crippen LogP contribution in [0.15, 0.2) is 0 Å². The Morgan fingerprint density at radius 2 is 1.26 bits per heavy atom. The lowest BCUT2D eigenvalue weighted by atomic mass is 10.0. The molecule has 1 N–H and O–H groups in total. The third-order valence-electron chi connectivity index (χ3n) is 8.09. The molecule has 0 amide bonds. The largest absolute Gasteiger partial charge is 0.472 e. The molecular formula is C32H63NO8P+. The van der Waals surface area contributed by atoms with Crippen LogP contribution in [0.2, 0.25) is 0 Å². The van der Waals surface area contributed by atoms with Crippen LogP contribution in [-0.4, -0.2) is 80.3 Å².